The van der Waals surface area contributed by atoms with E-state index in [-0.39, 0.29) is 24.0 Å². The number of aryl methyl sites for hydroxylation is 2. The lowest BCUT2D eigenvalue weighted by molar-refractivity contribution is 0.321. The first kappa shape index (κ1) is 19.5. The highest BCUT2D eigenvalue weighted by Gasteiger charge is 2.23. The number of nitrogens with one attached hydrogen (secondary N) is 2. The average molecular weight is 446 g/mol. The summed E-state index contributed by atoms with van der Waals surface area (Å²) in [6, 6.07) is 0.572. The molecule has 0 spiro atoms. The van der Waals surface area contributed by atoms with Crippen LogP contribution in [0.4, 0.5) is 0 Å². The molecule has 3 rings (SSSR count). The van der Waals surface area contributed by atoms with Crippen LogP contribution in [0.15, 0.2) is 4.99 Å². The van der Waals surface area contributed by atoms with Crippen LogP contribution in [0.1, 0.15) is 50.7 Å². The number of aromatic nitrogens is 3. The van der Waals surface area contributed by atoms with Crippen LogP contribution in [0.5, 0.6) is 0 Å². The average Bonchev–Trinajstić information content (AvgIpc) is 2.92. The molecule has 24 heavy (non-hydrogen) atoms. The predicted molar refractivity (Wildman–Crippen MR) is 108 cm³/mol. The molecule has 2 aliphatic rings. The van der Waals surface area contributed by atoms with Crippen LogP contribution in [0, 0.1) is 18.8 Å². The van der Waals surface area contributed by atoms with E-state index in [1.165, 1.54) is 32.1 Å². The van der Waals surface area contributed by atoms with Crippen molar-refractivity contribution in [1.29, 1.82) is 0 Å². The Morgan fingerprint density at radius 1 is 1.29 bits per heavy atom. The highest BCUT2D eigenvalue weighted by Crippen LogP contribution is 2.23. The minimum atomic E-state index is 0. The molecule has 1 fully saturated rings. The Morgan fingerprint density at radius 3 is 2.88 bits per heavy atom. The van der Waals surface area contributed by atoms with Gasteiger partial charge in [-0.3, -0.25) is 4.99 Å². The topological polar surface area (TPSA) is 67.1 Å². The lowest BCUT2D eigenvalue weighted by Gasteiger charge is -2.30. The van der Waals surface area contributed by atoms with Crippen molar-refractivity contribution in [2.45, 2.75) is 65.0 Å². The third-order valence-corrected chi connectivity index (χ3v) is 5.29. The molecule has 1 aromatic heterocycles. The van der Waals surface area contributed by atoms with Gasteiger partial charge in [0.15, 0.2) is 5.96 Å². The normalized spacial score (nSPS) is 27.1. The number of nitrogens with zero attached hydrogens (tertiary/aromatic N) is 4. The largest absolute Gasteiger partial charge is 0.356 e. The maximum atomic E-state index is 4.41. The van der Waals surface area contributed by atoms with Crippen molar-refractivity contribution in [3.8, 4) is 0 Å². The van der Waals surface area contributed by atoms with Crippen LogP contribution in [0.3, 0.4) is 0 Å². The van der Waals surface area contributed by atoms with E-state index in [0.717, 1.165) is 43.0 Å². The fraction of sp³-hybridized carbons (Fsp3) is 0.824. The molecule has 3 unspecified atom stereocenters. The van der Waals surface area contributed by atoms with E-state index in [1.54, 1.807) is 0 Å². The molecule has 2 N–H and O–H groups in total. The summed E-state index contributed by atoms with van der Waals surface area (Å²) >= 11 is 0. The summed E-state index contributed by atoms with van der Waals surface area (Å²) in [5.74, 6) is 4.56. The van der Waals surface area contributed by atoms with Gasteiger partial charge in [-0.15, -0.1) is 34.2 Å². The molecule has 7 heteroatoms. The fourth-order valence-corrected chi connectivity index (χ4v) is 3.89. The van der Waals surface area contributed by atoms with E-state index in [4.69, 9.17) is 0 Å². The van der Waals surface area contributed by atoms with Gasteiger partial charge in [-0.25, -0.2) is 0 Å². The highest BCUT2D eigenvalue weighted by molar-refractivity contribution is 14.0. The van der Waals surface area contributed by atoms with Gasteiger partial charge in [-0.2, -0.15) is 0 Å². The van der Waals surface area contributed by atoms with Crippen LogP contribution in [0.2, 0.25) is 0 Å². The third-order valence-electron chi connectivity index (χ3n) is 5.29. The molecule has 0 aromatic carbocycles. The second-order valence-electron chi connectivity index (χ2n) is 7.24. The number of guanidine groups is 1. The number of hydrogen-bond acceptors (Lipinski definition) is 3. The smallest absolute Gasteiger partial charge is 0.191 e. The maximum absolute atomic E-state index is 4.41. The second-order valence-corrected chi connectivity index (χ2v) is 7.24. The molecular formula is C17H31IN6. The molecular weight excluding hydrogens is 415 g/mol. The van der Waals surface area contributed by atoms with Crippen molar-refractivity contribution in [2.75, 3.05) is 13.6 Å². The quantitative estimate of drug-likeness (QED) is 0.426. The van der Waals surface area contributed by atoms with Crippen LogP contribution < -0.4 is 10.6 Å². The fourth-order valence-electron chi connectivity index (χ4n) is 3.89. The van der Waals surface area contributed by atoms with Gasteiger partial charge in [0.25, 0.3) is 0 Å². The van der Waals surface area contributed by atoms with Crippen molar-refractivity contribution in [1.82, 2.24) is 25.4 Å². The summed E-state index contributed by atoms with van der Waals surface area (Å²) in [4.78, 5) is 4.41. The van der Waals surface area contributed by atoms with Crippen molar-refractivity contribution < 1.29 is 0 Å². The van der Waals surface area contributed by atoms with Gasteiger partial charge in [0.1, 0.15) is 11.6 Å². The highest BCUT2D eigenvalue weighted by atomic mass is 127. The lowest BCUT2D eigenvalue weighted by Crippen LogP contribution is -2.47. The zero-order chi connectivity index (χ0) is 16.2. The Hall–Kier alpha value is -0.860. The molecule has 1 saturated carbocycles. The number of rotatable bonds is 3. The molecule has 1 aliphatic heterocycles. The number of aliphatic imine (C=N–C) groups is 1. The van der Waals surface area contributed by atoms with Gasteiger partial charge in [-0.05, 0) is 38.0 Å². The van der Waals surface area contributed by atoms with E-state index < -0.39 is 0 Å². The summed E-state index contributed by atoms with van der Waals surface area (Å²) < 4.78 is 2.26. The molecule has 0 amide bonds. The van der Waals surface area contributed by atoms with Gasteiger partial charge in [-0.1, -0.05) is 19.8 Å². The minimum absolute atomic E-state index is 0. The predicted octanol–water partition coefficient (Wildman–Crippen LogP) is 2.51. The molecule has 136 valence electrons. The monoisotopic (exact) mass is 446 g/mol. The standard InChI is InChI=1S/C17H30N6.HI/c1-12-5-4-6-15(9-12)20-17(18-3)19-10-14-7-8-16-22-21-13(2)23(16)11-14;/h12,14-15H,4-11H2,1-3H3,(H2,18,19,20);1H. The van der Waals surface area contributed by atoms with Crippen molar-refractivity contribution in [3.63, 3.8) is 0 Å². The van der Waals surface area contributed by atoms with Crippen LogP contribution in [-0.4, -0.2) is 40.4 Å². The minimum Gasteiger partial charge on any atom is -0.356 e. The van der Waals surface area contributed by atoms with Crippen LogP contribution in [-0.2, 0) is 13.0 Å². The van der Waals surface area contributed by atoms with Crippen LogP contribution >= 0.6 is 24.0 Å². The molecule has 2 heterocycles. The number of halogens is 1. The number of fused-ring (bicyclic) bond motifs is 1. The summed E-state index contributed by atoms with van der Waals surface area (Å²) in [5.41, 5.74) is 0. The molecule has 0 saturated heterocycles. The Morgan fingerprint density at radius 2 is 2.12 bits per heavy atom. The molecule has 6 nitrogen and oxygen atoms in total. The number of hydrogen-bond donors (Lipinski definition) is 2. The van der Waals surface area contributed by atoms with Gasteiger partial charge in [0.05, 0.1) is 0 Å². The van der Waals surface area contributed by atoms with Crippen LogP contribution in [0.25, 0.3) is 0 Å². The van der Waals surface area contributed by atoms with E-state index >= 15 is 0 Å². The van der Waals surface area contributed by atoms with E-state index in [9.17, 15) is 0 Å². The summed E-state index contributed by atoms with van der Waals surface area (Å²) in [6.45, 7) is 6.36. The van der Waals surface area contributed by atoms with Gasteiger partial charge >= 0.3 is 0 Å². The zero-order valence-corrected chi connectivity index (χ0v) is 17.4. The first-order chi connectivity index (χ1) is 11.2. The van der Waals surface area contributed by atoms with Crippen molar-refractivity contribution >= 4 is 29.9 Å². The molecule has 1 aliphatic carbocycles. The van der Waals surface area contributed by atoms with E-state index in [1.807, 2.05) is 14.0 Å². The Bertz CT molecular complexity index is 555. The molecule has 0 bridgehead atoms. The van der Waals surface area contributed by atoms with E-state index in [2.05, 4.69) is 37.3 Å². The van der Waals surface area contributed by atoms with Gasteiger partial charge in [0, 0.05) is 32.6 Å². The Kier molecular flexibility index (Phi) is 7.31. The van der Waals surface area contributed by atoms with Gasteiger partial charge < -0.3 is 15.2 Å². The third kappa shape index (κ3) is 4.83. The molecule has 3 atom stereocenters. The molecule has 1 aromatic rings. The van der Waals surface area contributed by atoms with E-state index in [0.29, 0.717) is 12.0 Å². The first-order valence-electron chi connectivity index (χ1n) is 9.01. The Balaban J connectivity index is 0.00000208. The lowest BCUT2D eigenvalue weighted by atomic mass is 9.87. The summed E-state index contributed by atoms with van der Waals surface area (Å²) in [7, 11) is 1.87. The Labute approximate surface area is 162 Å². The molecule has 0 radical (unpaired) electrons. The maximum Gasteiger partial charge on any atom is 0.191 e. The summed E-state index contributed by atoms with van der Waals surface area (Å²) in [5, 5.41) is 15.6. The first-order valence-corrected chi connectivity index (χ1v) is 9.01. The SMILES string of the molecule is CN=C(NCC1CCc2nnc(C)n2C1)NC1CCCC(C)C1.I. The van der Waals surface area contributed by atoms with Crippen molar-refractivity contribution in [3.05, 3.63) is 11.6 Å². The summed E-state index contributed by atoms with van der Waals surface area (Å²) in [6.07, 6.45) is 7.41. The van der Waals surface area contributed by atoms with Gasteiger partial charge in [0.2, 0.25) is 0 Å². The second kappa shape index (κ2) is 9.01. The zero-order valence-electron chi connectivity index (χ0n) is 15.1. The van der Waals surface area contributed by atoms with Crippen molar-refractivity contribution in [2.24, 2.45) is 16.8 Å².